The highest BCUT2D eigenvalue weighted by molar-refractivity contribution is 7.90. The van der Waals surface area contributed by atoms with Gasteiger partial charge in [0.2, 0.25) is 0 Å². The number of amides is 2. The number of nitrogens with two attached hydrogens (primary N) is 1. The number of carbonyl (C=O) groups excluding carboxylic acids is 2. The molecular formula is C25H30N4O5S. The second kappa shape index (κ2) is 10.7. The van der Waals surface area contributed by atoms with Gasteiger partial charge in [0, 0.05) is 43.1 Å². The van der Waals surface area contributed by atoms with Crippen molar-refractivity contribution in [1.82, 2.24) is 10.2 Å². The smallest absolute Gasteiger partial charge is 0.279 e. The molecule has 186 valence electrons. The first-order valence-corrected chi connectivity index (χ1v) is 13.0. The molecule has 0 saturated heterocycles. The van der Waals surface area contributed by atoms with Crippen LogP contribution in [0.3, 0.4) is 0 Å². The highest BCUT2D eigenvalue weighted by atomic mass is 32.2. The number of rotatable bonds is 8. The SMILES string of the molecule is CN/C=C\C(N)=NC(=O)c1cc(Oc2ccc(S(C)(=O)=O)cc2)c2c(c1)C(=O)N(CC(C)C)CC2. The summed E-state index contributed by atoms with van der Waals surface area (Å²) < 4.78 is 29.6. The summed E-state index contributed by atoms with van der Waals surface area (Å²) in [5, 5.41) is 2.77. The lowest BCUT2D eigenvalue weighted by molar-refractivity contribution is 0.0718. The fraction of sp³-hybridized carbons (Fsp3) is 0.320. The molecule has 2 aromatic carbocycles. The van der Waals surface area contributed by atoms with Gasteiger partial charge in [0.25, 0.3) is 11.8 Å². The Hall–Kier alpha value is -3.66. The summed E-state index contributed by atoms with van der Waals surface area (Å²) in [4.78, 5) is 31.9. The first-order valence-electron chi connectivity index (χ1n) is 11.2. The Balaban J connectivity index is 2.04. The largest absolute Gasteiger partial charge is 0.457 e. The van der Waals surface area contributed by atoms with Gasteiger partial charge in [0.05, 0.1) is 4.90 Å². The van der Waals surface area contributed by atoms with Crippen LogP contribution in [0.5, 0.6) is 11.5 Å². The molecular weight excluding hydrogens is 468 g/mol. The molecule has 35 heavy (non-hydrogen) atoms. The van der Waals surface area contributed by atoms with Gasteiger partial charge < -0.3 is 20.7 Å². The Morgan fingerprint density at radius 1 is 1.26 bits per heavy atom. The normalized spacial score (nSPS) is 14.4. The van der Waals surface area contributed by atoms with Crippen LogP contribution in [0.1, 0.15) is 40.1 Å². The summed E-state index contributed by atoms with van der Waals surface area (Å²) in [5.74, 6) is 0.221. The summed E-state index contributed by atoms with van der Waals surface area (Å²) in [5.41, 5.74) is 7.02. The van der Waals surface area contributed by atoms with E-state index in [1.54, 1.807) is 18.1 Å². The van der Waals surface area contributed by atoms with Crippen molar-refractivity contribution in [3.05, 3.63) is 65.4 Å². The molecule has 0 bridgehead atoms. The van der Waals surface area contributed by atoms with E-state index in [2.05, 4.69) is 10.3 Å². The number of benzene rings is 2. The van der Waals surface area contributed by atoms with Gasteiger partial charge in [-0.3, -0.25) is 9.59 Å². The first kappa shape index (κ1) is 26.0. The molecule has 0 aromatic heterocycles. The maximum atomic E-state index is 13.3. The van der Waals surface area contributed by atoms with Crippen LogP contribution in [0.4, 0.5) is 0 Å². The van der Waals surface area contributed by atoms with E-state index in [1.807, 2.05) is 13.8 Å². The Morgan fingerprint density at radius 3 is 2.54 bits per heavy atom. The minimum absolute atomic E-state index is 0.00802. The number of aliphatic imine (C=N–C) groups is 1. The number of fused-ring (bicyclic) bond motifs is 1. The van der Waals surface area contributed by atoms with E-state index in [1.165, 1.54) is 42.5 Å². The number of hydrogen-bond acceptors (Lipinski definition) is 6. The van der Waals surface area contributed by atoms with Crippen molar-refractivity contribution in [3.63, 3.8) is 0 Å². The summed E-state index contributed by atoms with van der Waals surface area (Å²) in [7, 11) is -1.66. The zero-order valence-electron chi connectivity index (χ0n) is 20.2. The van der Waals surface area contributed by atoms with Gasteiger partial charge in [-0.05, 0) is 61.0 Å². The van der Waals surface area contributed by atoms with Gasteiger partial charge in [-0.25, -0.2) is 8.42 Å². The van der Waals surface area contributed by atoms with Gasteiger partial charge in [0.1, 0.15) is 17.3 Å². The summed E-state index contributed by atoms with van der Waals surface area (Å²) in [6.45, 7) is 5.20. The second-order valence-electron chi connectivity index (χ2n) is 8.70. The van der Waals surface area contributed by atoms with Crippen LogP contribution < -0.4 is 15.8 Å². The molecule has 0 atom stereocenters. The molecule has 2 aromatic rings. The van der Waals surface area contributed by atoms with Gasteiger partial charge in [0.15, 0.2) is 9.84 Å². The third kappa shape index (κ3) is 6.48. The van der Waals surface area contributed by atoms with Crippen LogP contribution in [0, 0.1) is 5.92 Å². The van der Waals surface area contributed by atoms with Crippen molar-refractivity contribution >= 4 is 27.5 Å². The summed E-state index contributed by atoms with van der Waals surface area (Å²) in [6, 6.07) is 9.03. The minimum Gasteiger partial charge on any atom is -0.457 e. The van der Waals surface area contributed by atoms with Crippen molar-refractivity contribution < 1.29 is 22.7 Å². The minimum atomic E-state index is -3.35. The molecule has 1 aliphatic heterocycles. The van der Waals surface area contributed by atoms with Crippen LogP contribution in [0.25, 0.3) is 0 Å². The fourth-order valence-corrected chi connectivity index (χ4v) is 4.34. The first-order chi connectivity index (χ1) is 16.5. The number of amidine groups is 1. The number of nitrogens with one attached hydrogen (secondary N) is 1. The third-order valence-electron chi connectivity index (χ3n) is 5.32. The number of ether oxygens (including phenoxy) is 1. The highest BCUT2D eigenvalue weighted by Gasteiger charge is 2.29. The zero-order valence-corrected chi connectivity index (χ0v) is 21.1. The van der Waals surface area contributed by atoms with E-state index < -0.39 is 15.7 Å². The van der Waals surface area contributed by atoms with Gasteiger partial charge in [-0.2, -0.15) is 4.99 Å². The topological polar surface area (TPSA) is 131 Å². The molecule has 9 nitrogen and oxygen atoms in total. The molecule has 0 aliphatic carbocycles. The molecule has 0 saturated carbocycles. The van der Waals surface area contributed by atoms with Crippen molar-refractivity contribution in [2.75, 3.05) is 26.4 Å². The average molecular weight is 499 g/mol. The second-order valence-corrected chi connectivity index (χ2v) is 10.7. The fourth-order valence-electron chi connectivity index (χ4n) is 3.71. The molecule has 0 unspecified atom stereocenters. The molecule has 3 rings (SSSR count). The maximum Gasteiger partial charge on any atom is 0.279 e. The lowest BCUT2D eigenvalue weighted by atomic mass is 9.94. The predicted molar refractivity (Wildman–Crippen MR) is 135 cm³/mol. The van der Waals surface area contributed by atoms with E-state index in [4.69, 9.17) is 10.5 Å². The van der Waals surface area contributed by atoms with Gasteiger partial charge in [-0.15, -0.1) is 0 Å². The van der Waals surface area contributed by atoms with Crippen LogP contribution in [-0.2, 0) is 16.3 Å². The Labute approximate surface area is 205 Å². The molecule has 3 N–H and O–H groups in total. The molecule has 10 heteroatoms. The monoisotopic (exact) mass is 498 g/mol. The van der Waals surface area contributed by atoms with E-state index in [-0.39, 0.29) is 28.1 Å². The zero-order chi connectivity index (χ0) is 25.8. The third-order valence-corrected chi connectivity index (χ3v) is 6.45. The van der Waals surface area contributed by atoms with Crippen LogP contribution in [-0.4, -0.2) is 57.4 Å². The van der Waals surface area contributed by atoms with Crippen molar-refractivity contribution in [2.24, 2.45) is 16.6 Å². The lowest BCUT2D eigenvalue weighted by Crippen LogP contribution is -2.40. The Kier molecular flexibility index (Phi) is 7.96. The summed E-state index contributed by atoms with van der Waals surface area (Å²) in [6.07, 6.45) is 4.67. The molecule has 0 fully saturated rings. The Bertz CT molecular complexity index is 1280. The standard InChI is InChI=1S/C25H30N4O5S/c1-16(2)15-29-12-10-20-21(25(29)31)13-17(24(30)28-23(26)9-11-27-3)14-22(20)34-18-5-7-19(8-6-18)35(4,32)33/h5-9,11,13-14,16,27H,10,12,15H2,1-4H3,(H2,26,28,30)/b11-9-. The number of hydrogen-bond donors (Lipinski definition) is 2. The molecule has 1 heterocycles. The predicted octanol–water partition coefficient (Wildman–Crippen LogP) is 2.77. The maximum absolute atomic E-state index is 13.3. The molecule has 0 spiro atoms. The average Bonchev–Trinajstić information content (AvgIpc) is 2.79. The van der Waals surface area contributed by atoms with E-state index in [9.17, 15) is 18.0 Å². The molecule has 2 amide bonds. The molecule has 1 aliphatic rings. The van der Waals surface area contributed by atoms with Crippen molar-refractivity contribution in [1.29, 1.82) is 0 Å². The number of carbonyl (C=O) groups is 2. The van der Waals surface area contributed by atoms with E-state index >= 15 is 0 Å². The van der Waals surface area contributed by atoms with Gasteiger partial charge >= 0.3 is 0 Å². The van der Waals surface area contributed by atoms with Crippen molar-refractivity contribution in [2.45, 2.75) is 25.2 Å². The summed E-state index contributed by atoms with van der Waals surface area (Å²) >= 11 is 0. The number of nitrogens with zero attached hydrogens (tertiary/aromatic N) is 2. The molecule has 0 radical (unpaired) electrons. The Morgan fingerprint density at radius 2 is 1.94 bits per heavy atom. The van der Waals surface area contributed by atoms with E-state index in [0.29, 0.717) is 42.1 Å². The van der Waals surface area contributed by atoms with Gasteiger partial charge in [-0.1, -0.05) is 13.8 Å². The lowest BCUT2D eigenvalue weighted by Gasteiger charge is -2.31. The van der Waals surface area contributed by atoms with Crippen LogP contribution in [0.15, 0.2) is 58.6 Å². The van der Waals surface area contributed by atoms with E-state index in [0.717, 1.165) is 6.26 Å². The van der Waals surface area contributed by atoms with Crippen molar-refractivity contribution in [3.8, 4) is 11.5 Å². The highest BCUT2D eigenvalue weighted by Crippen LogP contribution is 2.34. The quantitative estimate of drug-likeness (QED) is 0.423. The number of sulfone groups is 1. The van der Waals surface area contributed by atoms with Crippen LogP contribution in [0.2, 0.25) is 0 Å². The van der Waals surface area contributed by atoms with Crippen LogP contribution >= 0.6 is 0 Å².